The molecular weight excluding hydrogens is 515 g/mol. The first-order chi connectivity index (χ1) is 17.6. The minimum Gasteiger partial charge on any atom is -0.376 e. The molecule has 0 saturated carbocycles. The van der Waals surface area contributed by atoms with E-state index in [2.05, 4.69) is 60.0 Å². The third-order valence-electron chi connectivity index (χ3n) is 7.20. The average molecular weight is 552 g/mol. The van der Waals surface area contributed by atoms with Crippen LogP contribution in [0.25, 0.3) is 0 Å². The first-order valence-corrected chi connectivity index (χ1v) is 13.7. The maximum atomic E-state index is 12.3. The predicted octanol–water partition coefficient (Wildman–Crippen LogP) is 5.97. The van der Waals surface area contributed by atoms with Crippen LogP contribution in [-0.2, 0) is 4.74 Å². The lowest BCUT2D eigenvalue weighted by molar-refractivity contribution is -0.383. The van der Waals surface area contributed by atoms with Gasteiger partial charge in [0, 0.05) is 49.4 Å². The molecule has 2 aromatic rings. The highest BCUT2D eigenvalue weighted by Gasteiger charge is 2.39. The van der Waals surface area contributed by atoms with Gasteiger partial charge < -0.3 is 15.0 Å². The Morgan fingerprint density at radius 1 is 1.16 bits per heavy atom. The van der Waals surface area contributed by atoms with Crippen molar-refractivity contribution in [3.05, 3.63) is 50.2 Å². The summed E-state index contributed by atoms with van der Waals surface area (Å²) in [6, 6.07) is 8.36. The van der Waals surface area contributed by atoms with E-state index < -0.39 is 4.92 Å². The minimum absolute atomic E-state index is 0.00467. The molecule has 2 fully saturated rings. The summed E-state index contributed by atoms with van der Waals surface area (Å²) in [5, 5.41) is 16.1. The number of rotatable bonds is 9. The van der Waals surface area contributed by atoms with Crippen molar-refractivity contribution in [1.29, 1.82) is 0 Å². The number of anilines is 2. The molecule has 3 heterocycles. The van der Waals surface area contributed by atoms with E-state index in [1.807, 2.05) is 17.0 Å². The Bertz CT molecular complexity index is 1080. The molecule has 4 rings (SSSR count). The Hall–Kier alpha value is -2.20. The molecule has 0 spiro atoms. The van der Waals surface area contributed by atoms with Crippen molar-refractivity contribution in [2.24, 2.45) is 5.92 Å². The molecule has 0 amide bonds. The van der Waals surface area contributed by atoms with E-state index in [0.717, 1.165) is 30.8 Å². The number of piperazine rings is 1. The highest BCUT2D eigenvalue weighted by atomic mass is 35.5. The number of ether oxygens (including phenoxy) is 1. The van der Waals surface area contributed by atoms with E-state index in [-0.39, 0.29) is 46.8 Å². The second kappa shape index (κ2) is 12.1. The zero-order valence-corrected chi connectivity index (χ0v) is 23.4. The lowest BCUT2D eigenvalue weighted by Gasteiger charge is -2.48. The minimum atomic E-state index is -0.414. The van der Waals surface area contributed by atoms with E-state index in [1.165, 1.54) is 5.56 Å². The van der Waals surface area contributed by atoms with Crippen LogP contribution in [0.1, 0.15) is 58.6 Å². The van der Waals surface area contributed by atoms with Crippen molar-refractivity contribution in [3.63, 3.8) is 0 Å². The summed E-state index contributed by atoms with van der Waals surface area (Å²) in [6.07, 6.45) is 2.89. The van der Waals surface area contributed by atoms with Crippen molar-refractivity contribution < 1.29 is 9.66 Å². The summed E-state index contributed by atoms with van der Waals surface area (Å²) in [5.41, 5.74) is 1.08. The average Bonchev–Trinajstić information content (AvgIpc) is 3.36. The molecule has 37 heavy (non-hydrogen) atoms. The van der Waals surface area contributed by atoms with E-state index >= 15 is 0 Å². The topological polar surface area (TPSA) is 96.7 Å². The van der Waals surface area contributed by atoms with Gasteiger partial charge in [0.25, 0.3) is 0 Å². The fourth-order valence-corrected chi connectivity index (χ4v) is 5.69. The van der Waals surface area contributed by atoms with E-state index in [0.29, 0.717) is 25.6 Å². The number of hydrogen-bond acceptors (Lipinski definition) is 8. The Morgan fingerprint density at radius 2 is 1.89 bits per heavy atom. The molecule has 0 aliphatic carbocycles. The van der Waals surface area contributed by atoms with Gasteiger partial charge in [0.1, 0.15) is 0 Å². The standard InChI is InChI=1S/C26H36Cl2N6O3/c1-16(2)12-22(19-7-9-20(27)10-8-19)32-14-18(4)33(15-17(32)3)25-23(34(35)36)24(30-26(28)31-25)29-13-21-6-5-11-37-21/h7-10,16-18,21-22H,5-6,11-15H2,1-4H3,(H,29,30,31)/t17-,18+,21+,22?/m1/s1. The summed E-state index contributed by atoms with van der Waals surface area (Å²) in [5.74, 6) is 0.892. The molecule has 1 N–H and O–H groups in total. The Kier molecular flexibility index (Phi) is 9.11. The summed E-state index contributed by atoms with van der Waals surface area (Å²) < 4.78 is 5.66. The molecule has 1 unspecified atom stereocenters. The molecule has 2 aliphatic rings. The van der Waals surface area contributed by atoms with Gasteiger partial charge in [-0.25, -0.2) is 0 Å². The van der Waals surface area contributed by atoms with Gasteiger partial charge in [-0.1, -0.05) is 37.6 Å². The van der Waals surface area contributed by atoms with Crippen molar-refractivity contribution in [3.8, 4) is 0 Å². The Morgan fingerprint density at radius 3 is 2.51 bits per heavy atom. The first-order valence-electron chi connectivity index (χ1n) is 13.0. The number of benzene rings is 1. The number of nitro groups is 1. The second-order valence-electron chi connectivity index (χ2n) is 10.5. The fourth-order valence-electron chi connectivity index (χ4n) is 5.40. The van der Waals surface area contributed by atoms with Gasteiger partial charge in [-0.05, 0) is 68.3 Å². The number of nitrogens with zero attached hydrogens (tertiary/aromatic N) is 5. The number of nitrogens with one attached hydrogen (secondary N) is 1. The first kappa shape index (κ1) is 27.8. The van der Waals surface area contributed by atoms with Gasteiger partial charge in [-0.2, -0.15) is 9.97 Å². The van der Waals surface area contributed by atoms with Gasteiger partial charge >= 0.3 is 5.69 Å². The van der Waals surface area contributed by atoms with Gasteiger partial charge in [0.2, 0.25) is 16.9 Å². The van der Waals surface area contributed by atoms with Crippen LogP contribution in [0.15, 0.2) is 24.3 Å². The van der Waals surface area contributed by atoms with Crippen LogP contribution >= 0.6 is 23.2 Å². The number of aromatic nitrogens is 2. The molecule has 11 heteroatoms. The number of hydrogen-bond donors (Lipinski definition) is 1. The normalized spacial score (nSPS) is 23.4. The maximum absolute atomic E-state index is 12.3. The SMILES string of the molecule is CC(C)CC(c1ccc(Cl)cc1)N1C[C@H](C)N(c2nc(Cl)nc(NC[C@@H]3CCCO3)c2[N+](=O)[O-])C[C@H]1C. The van der Waals surface area contributed by atoms with Crippen molar-refractivity contribution in [1.82, 2.24) is 14.9 Å². The van der Waals surface area contributed by atoms with Crippen LogP contribution in [0.5, 0.6) is 0 Å². The van der Waals surface area contributed by atoms with E-state index in [4.69, 9.17) is 27.9 Å². The molecule has 1 aromatic carbocycles. The Labute approximate surface area is 228 Å². The zero-order chi connectivity index (χ0) is 26.7. The van der Waals surface area contributed by atoms with Crippen LogP contribution in [0, 0.1) is 16.0 Å². The van der Waals surface area contributed by atoms with Crippen LogP contribution in [0.2, 0.25) is 10.3 Å². The molecule has 1 aromatic heterocycles. The smallest absolute Gasteiger partial charge is 0.353 e. The monoisotopic (exact) mass is 550 g/mol. The summed E-state index contributed by atoms with van der Waals surface area (Å²) in [4.78, 5) is 24.9. The van der Waals surface area contributed by atoms with Gasteiger partial charge in [0.05, 0.1) is 11.0 Å². The third kappa shape index (κ3) is 6.63. The summed E-state index contributed by atoms with van der Waals surface area (Å²) in [7, 11) is 0. The Balaban J connectivity index is 1.60. The van der Waals surface area contributed by atoms with Gasteiger partial charge in [0.15, 0.2) is 0 Å². The molecular formula is C26H36Cl2N6O3. The van der Waals surface area contributed by atoms with Crippen LogP contribution in [0.4, 0.5) is 17.3 Å². The number of halogens is 2. The van der Waals surface area contributed by atoms with E-state index in [9.17, 15) is 10.1 Å². The van der Waals surface area contributed by atoms with Gasteiger partial charge in [-0.15, -0.1) is 0 Å². The summed E-state index contributed by atoms with van der Waals surface area (Å²) in [6.45, 7) is 11.1. The molecule has 9 nitrogen and oxygen atoms in total. The lowest BCUT2D eigenvalue weighted by atomic mass is 9.92. The quantitative estimate of drug-likeness (QED) is 0.231. The molecule has 4 atom stereocenters. The van der Waals surface area contributed by atoms with Crippen LogP contribution < -0.4 is 10.2 Å². The van der Waals surface area contributed by atoms with Crippen LogP contribution in [0.3, 0.4) is 0 Å². The fraction of sp³-hybridized carbons (Fsp3) is 0.615. The van der Waals surface area contributed by atoms with Crippen molar-refractivity contribution in [2.45, 2.75) is 71.2 Å². The van der Waals surface area contributed by atoms with Crippen molar-refractivity contribution in [2.75, 3.05) is 36.5 Å². The largest absolute Gasteiger partial charge is 0.376 e. The van der Waals surface area contributed by atoms with E-state index in [1.54, 1.807) is 0 Å². The van der Waals surface area contributed by atoms with Gasteiger partial charge in [-0.3, -0.25) is 15.0 Å². The lowest BCUT2D eigenvalue weighted by Crippen LogP contribution is -2.57. The molecule has 202 valence electrons. The molecule has 0 radical (unpaired) electrons. The third-order valence-corrected chi connectivity index (χ3v) is 7.62. The van der Waals surface area contributed by atoms with Crippen LogP contribution in [-0.4, -0.2) is 64.2 Å². The van der Waals surface area contributed by atoms with Crippen molar-refractivity contribution >= 4 is 40.5 Å². The second-order valence-corrected chi connectivity index (χ2v) is 11.3. The molecule has 0 bridgehead atoms. The molecule has 2 aliphatic heterocycles. The zero-order valence-electron chi connectivity index (χ0n) is 21.9. The molecule has 2 saturated heterocycles. The predicted molar refractivity (Wildman–Crippen MR) is 148 cm³/mol. The summed E-state index contributed by atoms with van der Waals surface area (Å²) >= 11 is 12.5. The maximum Gasteiger partial charge on any atom is 0.353 e. The highest BCUT2D eigenvalue weighted by Crippen LogP contribution is 2.39. The highest BCUT2D eigenvalue weighted by molar-refractivity contribution is 6.30.